The van der Waals surface area contributed by atoms with E-state index in [1.165, 1.54) is 0 Å². The van der Waals surface area contributed by atoms with E-state index in [0.29, 0.717) is 6.07 Å². The lowest BCUT2D eigenvalue weighted by Gasteiger charge is -2.16. The Labute approximate surface area is 106 Å². The molecule has 0 N–H and O–H groups in total. The molecule has 1 rings (SSSR count). The summed E-state index contributed by atoms with van der Waals surface area (Å²) in [5, 5.41) is -0.438. The molecule has 8 heteroatoms. The van der Waals surface area contributed by atoms with Crippen LogP contribution >= 0.6 is 15.9 Å². The van der Waals surface area contributed by atoms with Crippen LogP contribution in [-0.4, -0.2) is 6.29 Å². The van der Waals surface area contributed by atoms with Gasteiger partial charge in [0.2, 0.25) is 0 Å². The van der Waals surface area contributed by atoms with Crippen molar-refractivity contribution < 1.29 is 31.1 Å². The largest absolute Gasteiger partial charge is 0.417 e. The van der Waals surface area contributed by atoms with Crippen molar-refractivity contribution in [2.75, 3.05) is 0 Å². The number of hydrogen-bond donors (Lipinski definition) is 0. The van der Waals surface area contributed by atoms with E-state index >= 15 is 0 Å². The summed E-state index contributed by atoms with van der Waals surface area (Å²) in [5.41, 5.74) is -4.28. The second-order valence-electron chi connectivity index (χ2n) is 3.35. The third-order valence-electron chi connectivity index (χ3n) is 2.13. The fourth-order valence-electron chi connectivity index (χ4n) is 1.43. The van der Waals surface area contributed by atoms with Gasteiger partial charge in [0.15, 0.2) is 6.29 Å². The van der Waals surface area contributed by atoms with Crippen molar-refractivity contribution in [3.63, 3.8) is 0 Å². The maximum atomic E-state index is 12.7. The Bertz CT molecular complexity index is 463. The molecule has 0 unspecified atom stereocenters. The van der Waals surface area contributed by atoms with Gasteiger partial charge in [-0.05, 0) is 17.7 Å². The normalized spacial score (nSPS) is 12.6. The van der Waals surface area contributed by atoms with Crippen LogP contribution in [0.25, 0.3) is 0 Å². The van der Waals surface area contributed by atoms with Crippen molar-refractivity contribution in [3.05, 3.63) is 34.4 Å². The van der Waals surface area contributed by atoms with Crippen LogP contribution in [0, 0.1) is 0 Å². The zero-order valence-corrected chi connectivity index (χ0v) is 10.1. The summed E-state index contributed by atoms with van der Waals surface area (Å²) in [4.78, 5) is 10.5. The predicted molar refractivity (Wildman–Crippen MR) is 54.5 cm³/mol. The molecule has 100 valence electrons. The summed E-state index contributed by atoms with van der Waals surface area (Å²) in [7, 11) is 0. The number of alkyl halides is 7. The molecule has 0 saturated heterocycles. The predicted octanol–water partition coefficient (Wildman–Crippen LogP) is 4.43. The highest BCUT2D eigenvalue weighted by Gasteiger charge is 2.39. The first kappa shape index (κ1) is 15.0. The Morgan fingerprint density at radius 3 is 1.94 bits per heavy atom. The van der Waals surface area contributed by atoms with E-state index in [0.717, 1.165) is 0 Å². The Kier molecular flexibility index (Phi) is 4.09. The summed E-state index contributed by atoms with van der Waals surface area (Å²) < 4.78 is 75.3. The van der Waals surface area contributed by atoms with Crippen LogP contribution in [0.15, 0.2) is 12.1 Å². The third kappa shape index (κ3) is 3.04. The Morgan fingerprint density at radius 2 is 1.61 bits per heavy atom. The molecule has 1 aromatic rings. The first-order chi connectivity index (χ1) is 8.11. The van der Waals surface area contributed by atoms with Gasteiger partial charge < -0.3 is 0 Å². The van der Waals surface area contributed by atoms with Crippen molar-refractivity contribution in [2.24, 2.45) is 0 Å². The van der Waals surface area contributed by atoms with Crippen molar-refractivity contribution in [1.29, 1.82) is 0 Å². The maximum absolute atomic E-state index is 12.7. The molecule has 18 heavy (non-hydrogen) atoms. The molecule has 0 aromatic heterocycles. The maximum Gasteiger partial charge on any atom is 0.417 e. The average molecular weight is 335 g/mol. The van der Waals surface area contributed by atoms with Gasteiger partial charge in [0.05, 0.1) is 11.1 Å². The van der Waals surface area contributed by atoms with Gasteiger partial charge in [-0.3, -0.25) is 4.79 Å². The SMILES string of the molecule is O=Cc1cc(C(F)(F)F)cc(CBr)c1C(F)(F)F. The molecular weight excluding hydrogens is 330 g/mol. The van der Waals surface area contributed by atoms with Crippen LogP contribution in [0.5, 0.6) is 0 Å². The minimum atomic E-state index is -4.89. The molecule has 0 atom stereocenters. The fourth-order valence-corrected chi connectivity index (χ4v) is 1.88. The Hall–Kier alpha value is -1.05. The highest BCUT2D eigenvalue weighted by molar-refractivity contribution is 9.08. The number of rotatable bonds is 2. The standard InChI is InChI=1S/C10H5BrF6O/c11-3-5-1-7(9(12,13)14)2-6(4-18)8(5)10(15,16)17/h1-2,4H,3H2. The van der Waals surface area contributed by atoms with Crippen LogP contribution in [0.3, 0.4) is 0 Å². The smallest absolute Gasteiger partial charge is 0.298 e. The van der Waals surface area contributed by atoms with Crippen LogP contribution in [0.1, 0.15) is 27.0 Å². The van der Waals surface area contributed by atoms with Gasteiger partial charge in [-0.25, -0.2) is 0 Å². The lowest BCUT2D eigenvalue weighted by atomic mass is 9.98. The third-order valence-corrected chi connectivity index (χ3v) is 2.74. The molecule has 1 aromatic carbocycles. The summed E-state index contributed by atoms with van der Waals surface area (Å²) in [6.07, 6.45) is -9.92. The van der Waals surface area contributed by atoms with E-state index in [1.54, 1.807) is 0 Å². The van der Waals surface area contributed by atoms with Gasteiger partial charge >= 0.3 is 12.4 Å². The molecule has 0 spiro atoms. The lowest BCUT2D eigenvalue weighted by molar-refractivity contribution is -0.141. The van der Waals surface area contributed by atoms with Gasteiger partial charge in [-0.2, -0.15) is 26.3 Å². The quantitative estimate of drug-likeness (QED) is 0.444. The highest BCUT2D eigenvalue weighted by Crippen LogP contribution is 2.39. The van der Waals surface area contributed by atoms with Crippen LogP contribution < -0.4 is 0 Å². The number of benzene rings is 1. The van der Waals surface area contributed by atoms with E-state index in [9.17, 15) is 31.1 Å². The molecule has 0 amide bonds. The first-order valence-corrected chi connectivity index (χ1v) is 5.56. The van der Waals surface area contributed by atoms with E-state index in [2.05, 4.69) is 15.9 Å². The van der Waals surface area contributed by atoms with Gasteiger partial charge in [0, 0.05) is 10.9 Å². The van der Waals surface area contributed by atoms with Gasteiger partial charge in [-0.1, -0.05) is 15.9 Å². The van der Waals surface area contributed by atoms with E-state index in [-0.39, 0.29) is 12.4 Å². The van der Waals surface area contributed by atoms with E-state index < -0.39 is 39.9 Å². The van der Waals surface area contributed by atoms with E-state index in [4.69, 9.17) is 0 Å². The first-order valence-electron chi connectivity index (χ1n) is 4.43. The average Bonchev–Trinajstić information content (AvgIpc) is 2.24. The molecule has 0 aliphatic rings. The zero-order valence-electron chi connectivity index (χ0n) is 8.49. The monoisotopic (exact) mass is 334 g/mol. The van der Waals surface area contributed by atoms with Crippen molar-refractivity contribution in [2.45, 2.75) is 17.7 Å². The highest BCUT2D eigenvalue weighted by atomic mass is 79.9. The minimum absolute atomic E-state index is 0.196. The number of aldehydes is 1. The minimum Gasteiger partial charge on any atom is -0.298 e. The second kappa shape index (κ2) is 4.91. The Balaban J connectivity index is 3.60. The fraction of sp³-hybridized carbons (Fsp3) is 0.300. The molecule has 0 heterocycles. The van der Waals surface area contributed by atoms with Crippen LogP contribution in [0.4, 0.5) is 26.3 Å². The van der Waals surface area contributed by atoms with Gasteiger partial charge in [-0.15, -0.1) is 0 Å². The molecular formula is C10H5BrF6O. The van der Waals surface area contributed by atoms with Crippen LogP contribution in [0.2, 0.25) is 0 Å². The molecule has 0 radical (unpaired) electrons. The number of carbonyl (C=O) groups excluding carboxylic acids is 1. The van der Waals surface area contributed by atoms with Crippen molar-refractivity contribution in [3.8, 4) is 0 Å². The summed E-state index contributed by atoms with van der Waals surface area (Å²) >= 11 is 2.68. The molecule has 0 aliphatic carbocycles. The van der Waals surface area contributed by atoms with Crippen molar-refractivity contribution >= 4 is 22.2 Å². The number of halogens is 7. The van der Waals surface area contributed by atoms with Crippen LogP contribution in [-0.2, 0) is 17.7 Å². The zero-order chi connectivity index (χ0) is 14.1. The number of hydrogen-bond acceptors (Lipinski definition) is 1. The summed E-state index contributed by atoms with van der Waals surface area (Å²) in [6.45, 7) is 0. The second-order valence-corrected chi connectivity index (χ2v) is 3.91. The van der Waals surface area contributed by atoms with Gasteiger partial charge in [0.1, 0.15) is 0 Å². The molecule has 0 fully saturated rings. The van der Waals surface area contributed by atoms with Crippen molar-refractivity contribution in [1.82, 2.24) is 0 Å². The molecule has 0 aliphatic heterocycles. The lowest BCUT2D eigenvalue weighted by Crippen LogP contribution is -2.15. The summed E-state index contributed by atoms with van der Waals surface area (Å²) in [6, 6.07) is 0.576. The number of carbonyl (C=O) groups is 1. The van der Waals surface area contributed by atoms with E-state index in [1.807, 2.05) is 0 Å². The Morgan fingerprint density at radius 1 is 1.06 bits per heavy atom. The molecule has 0 saturated carbocycles. The summed E-state index contributed by atoms with van der Waals surface area (Å²) in [5.74, 6) is 0. The molecule has 1 nitrogen and oxygen atoms in total. The molecule has 0 bridgehead atoms. The topological polar surface area (TPSA) is 17.1 Å². The van der Waals surface area contributed by atoms with Gasteiger partial charge in [0.25, 0.3) is 0 Å².